The van der Waals surface area contributed by atoms with Gasteiger partial charge in [-0.05, 0) is 23.8 Å². The summed E-state index contributed by atoms with van der Waals surface area (Å²) in [6.45, 7) is 0.493. The molecule has 0 spiro atoms. The molecule has 0 amide bonds. The van der Waals surface area contributed by atoms with E-state index < -0.39 is 0 Å². The summed E-state index contributed by atoms with van der Waals surface area (Å²) in [5.74, 6) is 1.03. The number of benzene rings is 2. The second-order valence-electron chi connectivity index (χ2n) is 4.54. The van der Waals surface area contributed by atoms with Crippen LogP contribution in [-0.4, -0.2) is 11.5 Å². The van der Waals surface area contributed by atoms with Crippen LogP contribution in [0.2, 0.25) is 5.02 Å². The standard InChI is InChI=1S/C16H14ClNOS/c17-13-6-7-16-14(10-13)15(8-9-20-16)18-19-11-12-4-2-1-3-5-12/h1-7,10H,8-9,11H2/b18-15+. The lowest BCUT2D eigenvalue weighted by Gasteiger charge is -2.17. The molecule has 2 aromatic carbocycles. The van der Waals surface area contributed by atoms with Crippen molar-refractivity contribution in [2.45, 2.75) is 17.9 Å². The Kier molecular flexibility index (Phi) is 4.28. The Hall–Kier alpha value is -1.45. The number of thioether (sulfide) groups is 1. The van der Waals surface area contributed by atoms with Gasteiger partial charge < -0.3 is 4.84 Å². The Morgan fingerprint density at radius 3 is 2.85 bits per heavy atom. The first-order valence-electron chi connectivity index (χ1n) is 6.48. The zero-order valence-corrected chi connectivity index (χ0v) is 12.5. The van der Waals surface area contributed by atoms with E-state index in [9.17, 15) is 0 Å². The van der Waals surface area contributed by atoms with Gasteiger partial charge in [-0.1, -0.05) is 47.1 Å². The van der Waals surface area contributed by atoms with Gasteiger partial charge in [0.15, 0.2) is 0 Å². The molecule has 0 fully saturated rings. The van der Waals surface area contributed by atoms with Crippen LogP contribution in [0.3, 0.4) is 0 Å². The Balaban J connectivity index is 1.75. The zero-order chi connectivity index (χ0) is 13.8. The first-order chi connectivity index (χ1) is 9.83. The van der Waals surface area contributed by atoms with Crippen molar-refractivity contribution >= 4 is 29.1 Å². The Morgan fingerprint density at radius 2 is 2.00 bits per heavy atom. The van der Waals surface area contributed by atoms with E-state index in [1.165, 1.54) is 4.90 Å². The molecule has 4 heteroatoms. The van der Waals surface area contributed by atoms with Crippen LogP contribution in [-0.2, 0) is 11.4 Å². The minimum atomic E-state index is 0.493. The van der Waals surface area contributed by atoms with Crippen molar-refractivity contribution < 1.29 is 4.84 Å². The summed E-state index contributed by atoms with van der Waals surface area (Å²) >= 11 is 7.90. The molecule has 3 rings (SSSR count). The van der Waals surface area contributed by atoms with E-state index in [0.717, 1.165) is 34.0 Å². The number of hydrogen-bond donors (Lipinski definition) is 0. The quantitative estimate of drug-likeness (QED) is 0.763. The number of halogens is 1. The van der Waals surface area contributed by atoms with E-state index in [1.807, 2.05) is 60.3 Å². The monoisotopic (exact) mass is 303 g/mol. The highest BCUT2D eigenvalue weighted by molar-refractivity contribution is 7.99. The third-order valence-corrected chi connectivity index (χ3v) is 4.41. The lowest BCUT2D eigenvalue weighted by molar-refractivity contribution is 0.130. The number of nitrogens with zero attached hydrogens (tertiary/aromatic N) is 1. The van der Waals surface area contributed by atoms with Crippen molar-refractivity contribution in [3.8, 4) is 0 Å². The molecule has 0 saturated carbocycles. The van der Waals surface area contributed by atoms with Gasteiger partial charge in [-0.25, -0.2) is 0 Å². The maximum Gasteiger partial charge on any atom is 0.142 e. The van der Waals surface area contributed by atoms with E-state index >= 15 is 0 Å². The summed E-state index contributed by atoms with van der Waals surface area (Å²) < 4.78 is 0. The highest BCUT2D eigenvalue weighted by Crippen LogP contribution is 2.32. The third-order valence-electron chi connectivity index (χ3n) is 3.10. The smallest absolute Gasteiger partial charge is 0.142 e. The number of rotatable bonds is 3. The van der Waals surface area contributed by atoms with Crippen molar-refractivity contribution in [2.24, 2.45) is 5.16 Å². The van der Waals surface area contributed by atoms with Crippen LogP contribution in [0.1, 0.15) is 17.5 Å². The Bertz CT molecular complexity index is 628. The summed E-state index contributed by atoms with van der Waals surface area (Å²) in [6.07, 6.45) is 0.910. The molecule has 2 aromatic rings. The average Bonchev–Trinajstić information content (AvgIpc) is 2.49. The summed E-state index contributed by atoms with van der Waals surface area (Å²) in [5, 5.41) is 5.04. The van der Waals surface area contributed by atoms with Gasteiger partial charge >= 0.3 is 0 Å². The molecule has 0 N–H and O–H groups in total. The molecule has 0 radical (unpaired) electrons. The molecule has 0 aliphatic carbocycles. The fourth-order valence-electron chi connectivity index (χ4n) is 2.10. The predicted molar refractivity (Wildman–Crippen MR) is 84.6 cm³/mol. The fourth-order valence-corrected chi connectivity index (χ4v) is 3.28. The van der Waals surface area contributed by atoms with Crippen molar-refractivity contribution in [2.75, 3.05) is 5.75 Å². The van der Waals surface area contributed by atoms with E-state index in [2.05, 4.69) is 5.16 Å². The minimum Gasteiger partial charge on any atom is -0.391 e. The van der Waals surface area contributed by atoms with Crippen LogP contribution >= 0.6 is 23.4 Å². The molecule has 2 nitrogen and oxygen atoms in total. The van der Waals surface area contributed by atoms with Crippen LogP contribution in [0.15, 0.2) is 58.6 Å². The fraction of sp³-hybridized carbons (Fsp3) is 0.188. The van der Waals surface area contributed by atoms with Gasteiger partial charge in [0.25, 0.3) is 0 Å². The van der Waals surface area contributed by atoms with Gasteiger partial charge in [0.1, 0.15) is 6.61 Å². The summed E-state index contributed by atoms with van der Waals surface area (Å²) in [6, 6.07) is 16.0. The topological polar surface area (TPSA) is 21.6 Å². The molecule has 1 aliphatic rings. The third kappa shape index (κ3) is 3.17. The van der Waals surface area contributed by atoms with Gasteiger partial charge in [0, 0.05) is 27.7 Å². The highest BCUT2D eigenvalue weighted by Gasteiger charge is 2.17. The van der Waals surface area contributed by atoms with Crippen LogP contribution < -0.4 is 0 Å². The molecule has 20 heavy (non-hydrogen) atoms. The number of oxime groups is 1. The van der Waals surface area contributed by atoms with E-state index in [4.69, 9.17) is 16.4 Å². The van der Waals surface area contributed by atoms with Gasteiger partial charge in [-0.3, -0.25) is 0 Å². The lowest BCUT2D eigenvalue weighted by atomic mass is 10.1. The number of hydrogen-bond acceptors (Lipinski definition) is 3. The van der Waals surface area contributed by atoms with Crippen LogP contribution in [0.5, 0.6) is 0 Å². The van der Waals surface area contributed by atoms with Crippen molar-refractivity contribution in [1.82, 2.24) is 0 Å². The SMILES string of the molecule is Clc1ccc2c(c1)/C(=N/OCc1ccccc1)CCS2. The average molecular weight is 304 g/mol. The molecule has 0 bridgehead atoms. The number of fused-ring (bicyclic) bond motifs is 1. The molecule has 1 aliphatic heterocycles. The van der Waals surface area contributed by atoms with E-state index in [0.29, 0.717) is 6.61 Å². The summed E-state index contributed by atoms with van der Waals surface area (Å²) in [4.78, 5) is 6.72. The molecule has 1 heterocycles. The van der Waals surface area contributed by atoms with E-state index in [-0.39, 0.29) is 0 Å². The van der Waals surface area contributed by atoms with Gasteiger partial charge in [0.05, 0.1) is 5.71 Å². The van der Waals surface area contributed by atoms with E-state index in [1.54, 1.807) is 0 Å². The molecule has 0 aromatic heterocycles. The normalized spacial score (nSPS) is 15.9. The van der Waals surface area contributed by atoms with Crippen molar-refractivity contribution in [3.63, 3.8) is 0 Å². The zero-order valence-electron chi connectivity index (χ0n) is 10.9. The second-order valence-corrected chi connectivity index (χ2v) is 6.11. The molecular weight excluding hydrogens is 290 g/mol. The van der Waals surface area contributed by atoms with Crippen LogP contribution in [0.4, 0.5) is 0 Å². The minimum absolute atomic E-state index is 0.493. The predicted octanol–water partition coefficient (Wildman–Crippen LogP) is 4.76. The maximum absolute atomic E-state index is 6.07. The largest absolute Gasteiger partial charge is 0.391 e. The Morgan fingerprint density at radius 1 is 1.15 bits per heavy atom. The molecule has 0 unspecified atom stereocenters. The molecule has 0 atom stereocenters. The van der Waals surface area contributed by atoms with Crippen LogP contribution in [0.25, 0.3) is 0 Å². The molecule has 0 saturated heterocycles. The highest BCUT2D eigenvalue weighted by atomic mass is 35.5. The van der Waals surface area contributed by atoms with Crippen molar-refractivity contribution in [3.05, 3.63) is 64.7 Å². The van der Waals surface area contributed by atoms with Gasteiger partial charge in [-0.2, -0.15) is 0 Å². The Labute approximate surface area is 127 Å². The molecule has 102 valence electrons. The summed E-state index contributed by atoms with van der Waals surface area (Å²) in [7, 11) is 0. The first-order valence-corrected chi connectivity index (χ1v) is 7.85. The van der Waals surface area contributed by atoms with Gasteiger partial charge in [0.2, 0.25) is 0 Å². The van der Waals surface area contributed by atoms with Crippen molar-refractivity contribution in [1.29, 1.82) is 0 Å². The molecular formula is C16H14ClNOS. The lowest BCUT2D eigenvalue weighted by Crippen LogP contribution is -2.10. The first kappa shape index (κ1) is 13.5. The second kappa shape index (κ2) is 6.33. The summed E-state index contributed by atoms with van der Waals surface area (Å²) in [5.41, 5.74) is 3.20. The van der Waals surface area contributed by atoms with Crippen LogP contribution in [0, 0.1) is 0 Å². The maximum atomic E-state index is 6.07. The van der Waals surface area contributed by atoms with Gasteiger partial charge in [-0.15, -0.1) is 11.8 Å².